The molecule has 7 rings (SSSR count). The standard InChI is InChI=1S/C33H25NS/c1-21(2)31-28(34-26-16-8-6-13-24(26)25-14-7-9-17-27(25)34)19-20-30-33(31)32-23(15-10-18-29(32)35-30)22-11-4-3-5-12-22/h3-21H,1-2H3/i3D,4D,5D,11D,12D. The molecule has 5 aromatic carbocycles. The Morgan fingerprint density at radius 2 is 1.34 bits per heavy atom. The Morgan fingerprint density at radius 1 is 0.686 bits per heavy atom. The second-order valence-electron chi connectivity index (χ2n) is 9.18. The smallest absolute Gasteiger partial charge is 0.0629 e. The minimum atomic E-state index is -0.377. The van der Waals surface area contributed by atoms with Crippen LogP contribution in [0.15, 0.2) is 109 Å². The molecule has 2 heteroatoms. The highest BCUT2D eigenvalue weighted by Gasteiger charge is 2.21. The summed E-state index contributed by atoms with van der Waals surface area (Å²) >= 11 is 1.68. The van der Waals surface area contributed by atoms with Gasteiger partial charge in [-0.05, 0) is 52.9 Å². The van der Waals surface area contributed by atoms with Crippen LogP contribution in [-0.2, 0) is 0 Å². The van der Waals surface area contributed by atoms with Crippen molar-refractivity contribution in [3.8, 4) is 16.8 Å². The predicted octanol–water partition coefficient (Wildman–Crippen LogP) is 9.94. The first-order chi connectivity index (χ1) is 19.3. The zero-order chi connectivity index (χ0) is 27.9. The van der Waals surface area contributed by atoms with Gasteiger partial charge in [-0.15, -0.1) is 11.3 Å². The maximum Gasteiger partial charge on any atom is 0.0629 e. The monoisotopic (exact) mass is 472 g/mol. The summed E-state index contributed by atoms with van der Waals surface area (Å²) in [6.07, 6.45) is 0. The van der Waals surface area contributed by atoms with Gasteiger partial charge in [0.25, 0.3) is 0 Å². The minimum Gasteiger partial charge on any atom is -0.309 e. The molecule has 0 saturated heterocycles. The van der Waals surface area contributed by atoms with Gasteiger partial charge in [0.2, 0.25) is 0 Å². The Morgan fingerprint density at radius 3 is 2.03 bits per heavy atom. The largest absolute Gasteiger partial charge is 0.309 e. The van der Waals surface area contributed by atoms with Crippen LogP contribution < -0.4 is 0 Å². The molecule has 0 spiro atoms. The van der Waals surface area contributed by atoms with Gasteiger partial charge in [0, 0.05) is 30.9 Å². The van der Waals surface area contributed by atoms with Crippen molar-refractivity contribution in [2.75, 3.05) is 0 Å². The fourth-order valence-corrected chi connectivity index (χ4v) is 6.63. The van der Waals surface area contributed by atoms with E-state index in [4.69, 9.17) is 6.85 Å². The fourth-order valence-electron chi connectivity index (χ4n) is 5.48. The van der Waals surface area contributed by atoms with Crippen molar-refractivity contribution < 1.29 is 6.85 Å². The molecule has 2 aromatic heterocycles. The Labute approximate surface area is 215 Å². The summed E-state index contributed by atoms with van der Waals surface area (Å²) in [7, 11) is 0. The van der Waals surface area contributed by atoms with Crippen molar-refractivity contribution in [1.29, 1.82) is 0 Å². The fraction of sp³-hybridized carbons (Fsp3) is 0.0909. The maximum atomic E-state index is 8.71. The topological polar surface area (TPSA) is 4.93 Å². The Balaban J connectivity index is 1.66. The van der Waals surface area contributed by atoms with E-state index in [9.17, 15) is 0 Å². The lowest BCUT2D eigenvalue weighted by atomic mass is 9.92. The highest BCUT2D eigenvalue weighted by atomic mass is 32.1. The molecule has 1 nitrogen and oxygen atoms in total. The summed E-state index contributed by atoms with van der Waals surface area (Å²) in [4.78, 5) is 0. The van der Waals surface area contributed by atoms with Gasteiger partial charge in [-0.2, -0.15) is 0 Å². The van der Waals surface area contributed by atoms with Crippen LogP contribution in [-0.4, -0.2) is 4.57 Å². The number of hydrogen-bond acceptors (Lipinski definition) is 1. The van der Waals surface area contributed by atoms with Crippen LogP contribution in [0.25, 0.3) is 58.8 Å². The second-order valence-corrected chi connectivity index (χ2v) is 10.3. The minimum absolute atomic E-state index is 0.157. The van der Waals surface area contributed by atoms with Crippen LogP contribution in [0.3, 0.4) is 0 Å². The first-order valence-corrected chi connectivity index (χ1v) is 12.6. The van der Waals surface area contributed by atoms with E-state index in [2.05, 4.69) is 85.1 Å². The third-order valence-electron chi connectivity index (χ3n) is 6.85. The van der Waals surface area contributed by atoms with Gasteiger partial charge in [0.1, 0.15) is 0 Å². The summed E-state index contributed by atoms with van der Waals surface area (Å²) in [5.41, 5.74) is 5.45. The molecule has 35 heavy (non-hydrogen) atoms. The number of benzene rings is 5. The number of rotatable bonds is 3. The van der Waals surface area contributed by atoms with E-state index in [1.807, 2.05) is 12.1 Å². The van der Waals surface area contributed by atoms with Crippen molar-refractivity contribution in [3.05, 3.63) is 115 Å². The van der Waals surface area contributed by atoms with E-state index in [1.165, 1.54) is 16.3 Å². The molecule has 168 valence electrons. The third-order valence-corrected chi connectivity index (χ3v) is 7.97. The number of para-hydroxylation sites is 2. The zero-order valence-corrected chi connectivity index (χ0v) is 20.3. The average molecular weight is 473 g/mol. The molecule has 0 atom stereocenters. The number of thiophene rings is 1. The van der Waals surface area contributed by atoms with Gasteiger partial charge in [-0.1, -0.05) is 92.6 Å². The van der Waals surface area contributed by atoms with Gasteiger partial charge in [-0.3, -0.25) is 0 Å². The highest BCUT2D eigenvalue weighted by molar-refractivity contribution is 7.26. The quantitative estimate of drug-likeness (QED) is 0.241. The van der Waals surface area contributed by atoms with E-state index < -0.39 is 0 Å². The van der Waals surface area contributed by atoms with Gasteiger partial charge in [0.05, 0.1) is 23.6 Å². The molecular formula is C33H25NS. The number of hydrogen-bond donors (Lipinski definition) is 0. The van der Waals surface area contributed by atoms with Crippen LogP contribution in [0, 0.1) is 0 Å². The van der Waals surface area contributed by atoms with Crippen LogP contribution in [0.1, 0.15) is 32.2 Å². The van der Waals surface area contributed by atoms with Crippen molar-refractivity contribution >= 4 is 53.3 Å². The summed E-state index contributed by atoms with van der Waals surface area (Å²) in [5, 5.41) is 4.41. The molecule has 0 fully saturated rings. The summed E-state index contributed by atoms with van der Waals surface area (Å²) < 4.78 is 46.6. The third kappa shape index (κ3) is 3.00. The highest BCUT2D eigenvalue weighted by Crippen LogP contribution is 2.46. The first kappa shape index (κ1) is 15.9. The first-order valence-electron chi connectivity index (χ1n) is 14.3. The summed E-state index contributed by atoms with van der Waals surface area (Å²) in [6, 6.07) is 25.8. The number of nitrogens with zero attached hydrogens (tertiary/aromatic N) is 1. The number of fused-ring (bicyclic) bond motifs is 6. The molecule has 0 unspecified atom stereocenters. The SMILES string of the molecule is [2H]c1c([2H])c([2H])c(-c2cccc3sc4ccc(-n5c6ccccc6c6ccccc65)c(C(C)C)c4c23)c([2H])c1[2H]. The number of aromatic nitrogens is 1. The van der Waals surface area contributed by atoms with Crippen LogP contribution in [0.5, 0.6) is 0 Å². The van der Waals surface area contributed by atoms with Crippen LogP contribution >= 0.6 is 11.3 Å². The van der Waals surface area contributed by atoms with Crippen molar-refractivity contribution in [2.45, 2.75) is 19.8 Å². The van der Waals surface area contributed by atoms with E-state index in [0.717, 1.165) is 36.9 Å². The molecule has 2 heterocycles. The Hall–Kier alpha value is -3.88. The van der Waals surface area contributed by atoms with Crippen LogP contribution in [0.2, 0.25) is 0 Å². The molecule has 0 amide bonds. The molecule has 0 bridgehead atoms. The average Bonchev–Trinajstić information content (AvgIpc) is 3.51. The molecular weight excluding hydrogens is 442 g/mol. The van der Waals surface area contributed by atoms with Gasteiger partial charge >= 0.3 is 0 Å². The van der Waals surface area contributed by atoms with Crippen molar-refractivity contribution in [3.63, 3.8) is 0 Å². The molecule has 0 aliphatic carbocycles. The van der Waals surface area contributed by atoms with Gasteiger partial charge in [-0.25, -0.2) is 0 Å². The van der Waals surface area contributed by atoms with E-state index in [0.29, 0.717) is 5.56 Å². The molecule has 0 N–H and O–H groups in total. The molecule has 7 aromatic rings. The van der Waals surface area contributed by atoms with Gasteiger partial charge < -0.3 is 4.57 Å². The maximum absolute atomic E-state index is 8.71. The Kier molecular flexibility index (Phi) is 3.56. The lowest BCUT2D eigenvalue weighted by molar-refractivity contribution is 0.865. The lowest BCUT2D eigenvalue weighted by Crippen LogP contribution is -2.02. The summed E-state index contributed by atoms with van der Waals surface area (Å²) in [6.45, 7) is 4.39. The zero-order valence-electron chi connectivity index (χ0n) is 24.4. The summed E-state index contributed by atoms with van der Waals surface area (Å²) in [5.74, 6) is 0.157. The normalized spacial score (nSPS) is 14.0. The molecule has 0 aliphatic rings. The molecule has 0 radical (unpaired) electrons. The van der Waals surface area contributed by atoms with E-state index >= 15 is 0 Å². The van der Waals surface area contributed by atoms with Crippen LogP contribution in [0.4, 0.5) is 0 Å². The van der Waals surface area contributed by atoms with Crippen molar-refractivity contribution in [1.82, 2.24) is 4.57 Å². The van der Waals surface area contributed by atoms with Crippen molar-refractivity contribution in [2.24, 2.45) is 0 Å². The van der Waals surface area contributed by atoms with Gasteiger partial charge in [0.15, 0.2) is 0 Å². The molecule has 0 aliphatic heterocycles. The lowest BCUT2D eigenvalue weighted by Gasteiger charge is -2.18. The predicted molar refractivity (Wildman–Crippen MR) is 153 cm³/mol. The second kappa shape index (κ2) is 7.83. The molecule has 0 saturated carbocycles. The van der Waals surface area contributed by atoms with E-state index in [-0.39, 0.29) is 41.7 Å². The van der Waals surface area contributed by atoms with E-state index in [1.54, 1.807) is 11.3 Å². The Bertz CT molecular complexity index is 2070.